The fourth-order valence-corrected chi connectivity index (χ4v) is 2.98. The van der Waals surface area contributed by atoms with E-state index in [4.69, 9.17) is 10.5 Å². The van der Waals surface area contributed by atoms with Gasteiger partial charge in [-0.05, 0) is 24.8 Å². The molecule has 27 heavy (non-hydrogen) atoms. The van der Waals surface area contributed by atoms with Crippen molar-refractivity contribution >= 4 is 18.9 Å². The largest absolute Gasteiger partial charge is 0.475 e. The number of carbonyl (C=O) groups excluding carboxylic acids is 2. The smallest absolute Gasteiger partial charge is 0.426 e. The van der Waals surface area contributed by atoms with Gasteiger partial charge in [0, 0.05) is 13.1 Å². The minimum absolute atomic E-state index is 0.121. The van der Waals surface area contributed by atoms with Gasteiger partial charge in [0.15, 0.2) is 0 Å². The van der Waals surface area contributed by atoms with Gasteiger partial charge in [-0.15, -0.1) is 0 Å². The van der Waals surface area contributed by atoms with Crippen LogP contribution in [0.25, 0.3) is 0 Å². The average molecular weight is 377 g/mol. The van der Waals surface area contributed by atoms with Gasteiger partial charge >= 0.3 is 7.12 Å². The molecule has 5 N–H and O–H groups in total. The van der Waals surface area contributed by atoms with Crippen molar-refractivity contribution in [2.45, 2.75) is 37.7 Å². The van der Waals surface area contributed by atoms with Crippen molar-refractivity contribution in [3.05, 3.63) is 35.9 Å². The summed E-state index contributed by atoms with van der Waals surface area (Å²) in [5.74, 6) is -1.59. The van der Waals surface area contributed by atoms with Gasteiger partial charge in [-0.25, -0.2) is 0 Å². The van der Waals surface area contributed by atoms with E-state index in [-0.39, 0.29) is 12.3 Å². The molecule has 1 saturated heterocycles. The Morgan fingerprint density at radius 3 is 2.52 bits per heavy atom. The van der Waals surface area contributed by atoms with E-state index in [1.165, 1.54) is 0 Å². The van der Waals surface area contributed by atoms with Crippen LogP contribution in [-0.4, -0.2) is 72.2 Å². The first-order valence-corrected chi connectivity index (χ1v) is 9.29. The molecule has 0 saturated carbocycles. The number of hydrogen-bond donors (Lipinski definition) is 4. The first kappa shape index (κ1) is 21.4. The third kappa shape index (κ3) is 7.30. The van der Waals surface area contributed by atoms with Crippen LogP contribution in [0, 0.1) is 0 Å². The van der Waals surface area contributed by atoms with Gasteiger partial charge < -0.3 is 30.7 Å². The van der Waals surface area contributed by atoms with E-state index in [1.54, 1.807) is 4.90 Å². The molecule has 148 valence electrons. The van der Waals surface area contributed by atoms with Crippen LogP contribution in [0.3, 0.4) is 0 Å². The Kier molecular flexibility index (Phi) is 8.73. The van der Waals surface area contributed by atoms with E-state index >= 15 is 0 Å². The third-order valence-corrected chi connectivity index (χ3v) is 4.61. The van der Waals surface area contributed by atoms with Crippen molar-refractivity contribution < 1.29 is 24.4 Å². The lowest BCUT2D eigenvalue weighted by Gasteiger charge is -2.28. The molecule has 1 aliphatic rings. The standard InChI is InChI=1S/C18H28BN3O5/c20-15(13-17(23)22-9-11-27-12-10-22)18(24)21-16(19(25)26)8-4-7-14-5-2-1-3-6-14/h1-3,5-6,15-16,25-26H,4,7-13,20H2,(H,21,24). The van der Waals surface area contributed by atoms with Crippen LogP contribution in [-0.2, 0) is 20.7 Å². The van der Waals surface area contributed by atoms with Crippen LogP contribution < -0.4 is 11.1 Å². The maximum Gasteiger partial charge on any atom is 0.475 e. The number of amides is 2. The Hall–Kier alpha value is -1.94. The molecule has 1 heterocycles. The monoisotopic (exact) mass is 377 g/mol. The molecule has 0 spiro atoms. The summed E-state index contributed by atoms with van der Waals surface area (Å²) >= 11 is 0. The zero-order valence-electron chi connectivity index (χ0n) is 15.4. The third-order valence-electron chi connectivity index (χ3n) is 4.61. The summed E-state index contributed by atoms with van der Waals surface area (Å²) in [4.78, 5) is 26.0. The van der Waals surface area contributed by atoms with Gasteiger partial charge in [0.2, 0.25) is 11.8 Å². The van der Waals surface area contributed by atoms with E-state index in [9.17, 15) is 19.6 Å². The van der Waals surface area contributed by atoms with E-state index in [0.29, 0.717) is 39.1 Å². The van der Waals surface area contributed by atoms with Crippen LogP contribution in [0.1, 0.15) is 24.8 Å². The second-order valence-corrected chi connectivity index (χ2v) is 6.71. The average Bonchev–Trinajstić information content (AvgIpc) is 2.68. The SMILES string of the molecule is NC(CC(=O)N1CCOCC1)C(=O)NC(CCCc1ccccc1)B(O)O. The van der Waals surface area contributed by atoms with Crippen molar-refractivity contribution in [2.75, 3.05) is 26.3 Å². The number of aryl methyl sites for hydroxylation is 1. The number of carbonyl (C=O) groups is 2. The highest BCUT2D eigenvalue weighted by Gasteiger charge is 2.29. The normalized spacial score (nSPS) is 16.5. The highest BCUT2D eigenvalue weighted by molar-refractivity contribution is 6.43. The van der Waals surface area contributed by atoms with Gasteiger partial charge in [-0.2, -0.15) is 0 Å². The van der Waals surface area contributed by atoms with Gasteiger partial charge in [0.25, 0.3) is 0 Å². The fourth-order valence-electron chi connectivity index (χ4n) is 2.98. The zero-order valence-corrected chi connectivity index (χ0v) is 15.4. The Morgan fingerprint density at radius 1 is 1.22 bits per heavy atom. The van der Waals surface area contributed by atoms with Gasteiger partial charge in [0.05, 0.1) is 31.6 Å². The fraction of sp³-hybridized carbons (Fsp3) is 0.556. The Morgan fingerprint density at radius 2 is 1.89 bits per heavy atom. The lowest BCUT2D eigenvalue weighted by molar-refractivity contribution is -0.137. The molecule has 0 radical (unpaired) electrons. The van der Waals surface area contributed by atoms with Gasteiger partial charge in [-0.1, -0.05) is 30.3 Å². The molecule has 1 aromatic rings. The molecule has 1 fully saturated rings. The summed E-state index contributed by atoms with van der Waals surface area (Å²) in [6.07, 6.45) is 1.71. The molecule has 1 aromatic carbocycles. The maximum absolute atomic E-state index is 12.3. The second-order valence-electron chi connectivity index (χ2n) is 6.71. The van der Waals surface area contributed by atoms with Crippen LogP contribution in [0.5, 0.6) is 0 Å². The molecular formula is C18H28BN3O5. The van der Waals surface area contributed by atoms with Crippen LogP contribution in [0.2, 0.25) is 0 Å². The summed E-state index contributed by atoms with van der Waals surface area (Å²) in [6, 6.07) is 8.78. The number of nitrogens with one attached hydrogen (secondary N) is 1. The Balaban J connectivity index is 1.77. The topological polar surface area (TPSA) is 125 Å². The highest BCUT2D eigenvalue weighted by Crippen LogP contribution is 2.08. The minimum atomic E-state index is -1.69. The molecule has 2 amide bonds. The van der Waals surface area contributed by atoms with Crippen molar-refractivity contribution in [3.63, 3.8) is 0 Å². The summed E-state index contributed by atoms with van der Waals surface area (Å²) < 4.78 is 5.19. The predicted molar refractivity (Wildman–Crippen MR) is 101 cm³/mol. The molecule has 0 bridgehead atoms. The van der Waals surface area contributed by atoms with E-state index in [0.717, 1.165) is 12.0 Å². The molecule has 9 heteroatoms. The number of benzene rings is 1. The predicted octanol–water partition coefficient (Wildman–Crippen LogP) is -0.918. The summed E-state index contributed by atoms with van der Waals surface area (Å²) in [7, 11) is -1.69. The number of hydrogen-bond acceptors (Lipinski definition) is 6. The van der Waals surface area contributed by atoms with Crippen molar-refractivity contribution in [3.8, 4) is 0 Å². The highest BCUT2D eigenvalue weighted by atomic mass is 16.5. The lowest BCUT2D eigenvalue weighted by Crippen LogP contribution is -2.53. The molecule has 2 unspecified atom stereocenters. The molecule has 8 nitrogen and oxygen atoms in total. The second kappa shape index (κ2) is 11.0. The van der Waals surface area contributed by atoms with E-state index in [2.05, 4.69) is 5.32 Å². The molecule has 2 atom stereocenters. The van der Waals surface area contributed by atoms with Crippen LogP contribution >= 0.6 is 0 Å². The van der Waals surface area contributed by atoms with Crippen LogP contribution in [0.15, 0.2) is 30.3 Å². The molecule has 2 rings (SSSR count). The van der Waals surface area contributed by atoms with Crippen molar-refractivity contribution in [2.24, 2.45) is 5.73 Å². The van der Waals surface area contributed by atoms with E-state index < -0.39 is 25.0 Å². The van der Waals surface area contributed by atoms with Crippen LogP contribution in [0.4, 0.5) is 0 Å². The molecule has 0 aromatic heterocycles. The number of morpholine rings is 1. The molecule has 0 aliphatic carbocycles. The first-order valence-electron chi connectivity index (χ1n) is 9.29. The van der Waals surface area contributed by atoms with Crippen molar-refractivity contribution in [1.82, 2.24) is 10.2 Å². The minimum Gasteiger partial charge on any atom is -0.426 e. The summed E-state index contributed by atoms with van der Waals surface area (Å²) in [6.45, 7) is 1.94. The molecular weight excluding hydrogens is 349 g/mol. The number of rotatable bonds is 9. The van der Waals surface area contributed by atoms with Crippen molar-refractivity contribution in [1.29, 1.82) is 0 Å². The molecule has 1 aliphatic heterocycles. The van der Waals surface area contributed by atoms with E-state index in [1.807, 2.05) is 30.3 Å². The Labute approximate surface area is 159 Å². The Bertz CT molecular complexity index is 596. The van der Waals surface area contributed by atoms with Gasteiger partial charge in [-0.3, -0.25) is 9.59 Å². The number of ether oxygens (including phenoxy) is 1. The first-order chi connectivity index (χ1) is 13.0. The summed E-state index contributed by atoms with van der Waals surface area (Å²) in [5, 5.41) is 21.6. The van der Waals surface area contributed by atoms with Gasteiger partial charge in [0.1, 0.15) is 0 Å². The number of nitrogens with two attached hydrogens (primary N) is 1. The maximum atomic E-state index is 12.3. The lowest BCUT2D eigenvalue weighted by atomic mass is 9.76. The number of nitrogens with zero attached hydrogens (tertiary/aromatic N) is 1. The quantitative estimate of drug-likeness (QED) is 0.413. The summed E-state index contributed by atoms with van der Waals surface area (Å²) in [5.41, 5.74) is 6.98. The zero-order chi connectivity index (χ0) is 19.6.